The van der Waals surface area contributed by atoms with Gasteiger partial charge >= 0.3 is 0 Å². The minimum atomic E-state index is -0.680. The number of anilines is 1. The van der Waals surface area contributed by atoms with Gasteiger partial charge < -0.3 is 20.7 Å². The number of rotatable bonds is 10. The van der Waals surface area contributed by atoms with Crippen LogP contribution in [-0.2, 0) is 11.2 Å². The number of benzene rings is 3. The topological polar surface area (TPSA) is 79.5 Å². The summed E-state index contributed by atoms with van der Waals surface area (Å²) in [6.07, 6.45) is 0.414. The molecule has 3 N–H and O–H groups in total. The molecule has 6 nitrogen and oxygen atoms in total. The zero-order valence-corrected chi connectivity index (χ0v) is 19.4. The largest absolute Gasteiger partial charge is 0.497 e. The minimum absolute atomic E-state index is 0.214. The monoisotopic (exact) mass is 445 g/mol. The van der Waals surface area contributed by atoms with Gasteiger partial charge in [-0.3, -0.25) is 9.59 Å². The van der Waals surface area contributed by atoms with Gasteiger partial charge in [0.2, 0.25) is 5.91 Å². The van der Waals surface area contributed by atoms with Crippen molar-refractivity contribution in [1.29, 1.82) is 0 Å². The van der Waals surface area contributed by atoms with E-state index in [4.69, 9.17) is 4.74 Å². The first-order valence-corrected chi connectivity index (χ1v) is 11.0. The number of carbonyl (C=O) groups excluding carboxylic acids is 2. The number of ether oxygens (including phenoxy) is 1. The lowest BCUT2D eigenvalue weighted by Gasteiger charge is -2.19. The quantitative estimate of drug-likeness (QED) is 0.414. The predicted molar refractivity (Wildman–Crippen MR) is 132 cm³/mol. The fraction of sp³-hybridized carbons (Fsp3) is 0.259. The Morgan fingerprint density at radius 3 is 2.24 bits per heavy atom. The van der Waals surface area contributed by atoms with Crippen molar-refractivity contribution in [3.05, 3.63) is 95.1 Å². The summed E-state index contributed by atoms with van der Waals surface area (Å²) in [4.78, 5) is 25.8. The maximum atomic E-state index is 13.0. The van der Waals surface area contributed by atoms with Crippen LogP contribution in [0.25, 0.3) is 0 Å². The van der Waals surface area contributed by atoms with E-state index in [1.807, 2.05) is 80.6 Å². The Morgan fingerprint density at radius 2 is 1.58 bits per heavy atom. The highest BCUT2D eigenvalue weighted by Crippen LogP contribution is 2.14. The first-order chi connectivity index (χ1) is 15.9. The predicted octanol–water partition coefficient (Wildman–Crippen LogP) is 3.88. The maximum Gasteiger partial charge on any atom is 0.251 e. The molecule has 1 unspecified atom stereocenters. The van der Waals surface area contributed by atoms with E-state index in [1.165, 1.54) is 0 Å². The van der Waals surface area contributed by atoms with E-state index in [2.05, 4.69) is 16.0 Å². The van der Waals surface area contributed by atoms with Crippen LogP contribution in [0.5, 0.6) is 5.75 Å². The third-order valence-corrected chi connectivity index (χ3v) is 5.27. The molecule has 0 aliphatic carbocycles. The Hall–Kier alpha value is -3.80. The number of hydrogen-bond donors (Lipinski definition) is 3. The van der Waals surface area contributed by atoms with Gasteiger partial charge in [-0.2, -0.15) is 0 Å². The van der Waals surface area contributed by atoms with E-state index in [1.54, 1.807) is 13.2 Å². The summed E-state index contributed by atoms with van der Waals surface area (Å²) < 4.78 is 5.16. The van der Waals surface area contributed by atoms with E-state index >= 15 is 0 Å². The summed E-state index contributed by atoms with van der Waals surface area (Å²) in [5.74, 6) is 0.314. The molecular formula is C27H31N3O3. The zero-order chi connectivity index (χ0) is 23.6. The van der Waals surface area contributed by atoms with Crippen molar-refractivity contribution in [1.82, 2.24) is 10.6 Å². The fourth-order valence-corrected chi connectivity index (χ4v) is 3.54. The Morgan fingerprint density at radius 1 is 0.879 bits per heavy atom. The van der Waals surface area contributed by atoms with Crippen molar-refractivity contribution < 1.29 is 14.3 Å². The van der Waals surface area contributed by atoms with E-state index in [0.29, 0.717) is 25.1 Å². The van der Waals surface area contributed by atoms with Crippen LogP contribution in [0.3, 0.4) is 0 Å². The lowest BCUT2D eigenvalue weighted by Crippen LogP contribution is -2.48. The van der Waals surface area contributed by atoms with E-state index < -0.39 is 6.04 Å². The highest BCUT2D eigenvalue weighted by Gasteiger charge is 2.22. The molecule has 0 aliphatic heterocycles. The molecule has 3 aromatic rings. The fourth-order valence-electron chi connectivity index (χ4n) is 3.54. The van der Waals surface area contributed by atoms with Gasteiger partial charge in [-0.25, -0.2) is 0 Å². The van der Waals surface area contributed by atoms with Crippen LogP contribution in [0, 0.1) is 13.8 Å². The SMILES string of the molecule is COc1ccc(NCCNC(=O)C(Cc2cccc(C)c2)NC(=O)c2cccc(C)c2)cc1. The van der Waals surface area contributed by atoms with Gasteiger partial charge in [0.1, 0.15) is 11.8 Å². The Balaban J connectivity index is 1.61. The summed E-state index contributed by atoms with van der Waals surface area (Å²) in [5, 5.41) is 9.11. The van der Waals surface area contributed by atoms with Gasteiger partial charge in [0.15, 0.2) is 0 Å². The molecule has 172 valence electrons. The van der Waals surface area contributed by atoms with Crippen LogP contribution in [0.2, 0.25) is 0 Å². The lowest BCUT2D eigenvalue weighted by molar-refractivity contribution is -0.122. The standard InChI is InChI=1S/C27H31N3O3/c1-19-6-4-8-21(16-19)18-25(30-26(31)22-9-5-7-20(2)17-22)27(32)29-15-14-28-23-10-12-24(33-3)13-11-23/h4-13,16-17,25,28H,14-15,18H2,1-3H3,(H,29,32)(H,30,31). The summed E-state index contributed by atoms with van der Waals surface area (Å²) in [5.41, 5.74) is 4.58. The number of aryl methyl sites for hydroxylation is 2. The highest BCUT2D eigenvalue weighted by molar-refractivity contribution is 5.97. The molecule has 33 heavy (non-hydrogen) atoms. The summed E-state index contributed by atoms with van der Waals surface area (Å²) in [7, 11) is 1.63. The molecule has 0 saturated heterocycles. The van der Waals surface area contributed by atoms with Crippen molar-refractivity contribution >= 4 is 17.5 Å². The Labute approximate surface area is 195 Å². The second kappa shape index (κ2) is 11.7. The van der Waals surface area contributed by atoms with Gasteiger partial charge in [-0.05, 0) is 55.8 Å². The maximum absolute atomic E-state index is 13.0. The Bertz CT molecular complexity index is 1080. The molecule has 0 aromatic heterocycles. The zero-order valence-electron chi connectivity index (χ0n) is 19.4. The normalized spacial score (nSPS) is 11.4. The second-order valence-corrected chi connectivity index (χ2v) is 8.04. The molecule has 3 aromatic carbocycles. The molecule has 6 heteroatoms. The number of nitrogens with one attached hydrogen (secondary N) is 3. The smallest absolute Gasteiger partial charge is 0.251 e. The molecule has 0 bridgehead atoms. The third kappa shape index (κ3) is 7.38. The van der Waals surface area contributed by atoms with Gasteiger partial charge in [0.25, 0.3) is 5.91 Å². The van der Waals surface area contributed by atoms with E-state index in [-0.39, 0.29) is 11.8 Å². The minimum Gasteiger partial charge on any atom is -0.497 e. The molecule has 0 saturated carbocycles. The van der Waals surface area contributed by atoms with Crippen LogP contribution in [0.1, 0.15) is 27.0 Å². The van der Waals surface area contributed by atoms with E-state index in [9.17, 15) is 9.59 Å². The van der Waals surface area contributed by atoms with Crippen molar-refractivity contribution in [3.8, 4) is 5.75 Å². The molecule has 0 fully saturated rings. The molecule has 0 aliphatic rings. The lowest BCUT2D eigenvalue weighted by atomic mass is 10.0. The van der Waals surface area contributed by atoms with Gasteiger partial charge in [-0.15, -0.1) is 0 Å². The Kier molecular flexibility index (Phi) is 8.47. The molecule has 2 amide bonds. The molecule has 1 atom stereocenters. The van der Waals surface area contributed by atoms with Crippen molar-refractivity contribution in [2.75, 3.05) is 25.5 Å². The van der Waals surface area contributed by atoms with E-state index in [0.717, 1.165) is 28.1 Å². The molecule has 0 spiro atoms. The summed E-state index contributed by atoms with van der Waals surface area (Å²) in [6.45, 7) is 4.93. The van der Waals surface area contributed by atoms with Crippen LogP contribution in [-0.4, -0.2) is 38.1 Å². The molecular weight excluding hydrogens is 414 g/mol. The van der Waals surface area contributed by atoms with Gasteiger partial charge in [0, 0.05) is 30.8 Å². The van der Waals surface area contributed by atoms with Crippen LogP contribution < -0.4 is 20.7 Å². The number of methoxy groups -OCH3 is 1. The van der Waals surface area contributed by atoms with Crippen molar-refractivity contribution in [2.45, 2.75) is 26.3 Å². The highest BCUT2D eigenvalue weighted by atomic mass is 16.5. The van der Waals surface area contributed by atoms with Crippen LogP contribution in [0.15, 0.2) is 72.8 Å². The average molecular weight is 446 g/mol. The molecule has 3 rings (SSSR count). The summed E-state index contributed by atoms with van der Waals surface area (Å²) in [6, 6.07) is 22.2. The summed E-state index contributed by atoms with van der Waals surface area (Å²) >= 11 is 0. The van der Waals surface area contributed by atoms with Gasteiger partial charge in [-0.1, -0.05) is 47.5 Å². The molecule has 0 heterocycles. The average Bonchev–Trinajstić information content (AvgIpc) is 2.81. The number of carbonyl (C=O) groups is 2. The van der Waals surface area contributed by atoms with Gasteiger partial charge in [0.05, 0.1) is 7.11 Å². The first kappa shape index (κ1) is 23.9. The first-order valence-electron chi connectivity index (χ1n) is 11.0. The van der Waals surface area contributed by atoms with Crippen molar-refractivity contribution in [3.63, 3.8) is 0 Å². The van der Waals surface area contributed by atoms with Crippen molar-refractivity contribution in [2.24, 2.45) is 0 Å². The number of amides is 2. The van der Waals surface area contributed by atoms with Crippen LogP contribution >= 0.6 is 0 Å². The van der Waals surface area contributed by atoms with Crippen LogP contribution in [0.4, 0.5) is 5.69 Å². The second-order valence-electron chi connectivity index (χ2n) is 8.04. The molecule has 0 radical (unpaired) electrons. The third-order valence-electron chi connectivity index (χ3n) is 5.27. The number of hydrogen-bond acceptors (Lipinski definition) is 4.